The minimum atomic E-state index is -3.22. The Morgan fingerprint density at radius 2 is 1.37 bits per heavy atom. The summed E-state index contributed by atoms with van der Waals surface area (Å²) in [6, 6.07) is 21.3. The number of likely N-dealkylation sites (tertiary alicyclic amines) is 1. The molecule has 1 atom stereocenters. The number of ether oxygens (including phenoxy) is 2. The van der Waals surface area contributed by atoms with Crippen LogP contribution in [0.2, 0.25) is 23.2 Å². The van der Waals surface area contributed by atoms with Gasteiger partial charge in [0.05, 0.1) is 31.9 Å². The SMILES string of the molecule is COc1c(O[Si](c2ccccc2)(c2ccccc2)C(C)(C)C)cc(OC(N)=O)c(C(=O)N2CC(=O)C[C@H]2CO[Si](C)(C)C(C)(C)C)c1C(C)(C)C. The molecule has 0 aliphatic carbocycles. The summed E-state index contributed by atoms with van der Waals surface area (Å²) in [5.41, 5.74) is 5.52. The van der Waals surface area contributed by atoms with Gasteiger partial charge in [-0.05, 0) is 39.0 Å². The zero-order valence-corrected chi connectivity index (χ0v) is 34.4. The van der Waals surface area contributed by atoms with Crippen LogP contribution in [0.25, 0.3) is 0 Å². The average molecular weight is 733 g/mol. The van der Waals surface area contributed by atoms with Crippen LogP contribution in [0, 0.1) is 0 Å². The summed E-state index contributed by atoms with van der Waals surface area (Å²) in [5.74, 6) is 0.0614. The van der Waals surface area contributed by atoms with Crippen molar-refractivity contribution in [2.45, 2.75) is 103 Å². The van der Waals surface area contributed by atoms with Crippen LogP contribution in [0.4, 0.5) is 4.79 Å². The summed E-state index contributed by atoms with van der Waals surface area (Å²) in [6.45, 7) is 23.2. The monoisotopic (exact) mass is 732 g/mol. The molecule has 9 nitrogen and oxygen atoms in total. The Balaban J connectivity index is 1.99. The van der Waals surface area contributed by atoms with Crippen LogP contribution in [0.5, 0.6) is 17.2 Å². The molecule has 2 amide bonds. The molecule has 11 heteroatoms. The number of primary amides is 1. The van der Waals surface area contributed by atoms with Crippen LogP contribution in [0.1, 0.15) is 84.7 Å². The van der Waals surface area contributed by atoms with E-state index in [0.29, 0.717) is 17.1 Å². The van der Waals surface area contributed by atoms with Crippen LogP contribution >= 0.6 is 0 Å². The zero-order chi connectivity index (χ0) is 38.2. The van der Waals surface area contributed by atoms with Crippen molar-refractivity contribution in [2.75, 3.05) is 20.3 Å². The molecule has 1 saturated heterocycles. The lowest BCUT2D eigenvalue weighted by Gasteiger charge is -2.43. The van der Waals surface area contributed by atoms with Crippen molar-refractivity contribution in [3.05, 3.63) is 77.9 Å². The molecule has 0 unspecified atom stereocenters. The Labute approximate surface area is 306 Å². The Bertz CT molecular complexity index is 1700. The minimum Gasteiger partial charge on any atom is -0.531 e. The third-order valence-corrected chi connectivity index (χ3v) is 19.7. The van der Waals surface area contributed by atoms with Crippen molar-refractivity contribution in [3.8, 4) is 17.2 Å². The van der Waals surface area contributed by atoms with E-state index in [-0.39, 0.29) is 41.7 Å². The summed E-state index contributed by atoms with van der Waals surface area (Å²) >= 11 is 0. The summed E-state index contributed by atoms with van der Waals surface area (Å²) in [5, 5.41) is 1.59. The van der Waals surface area contributed by atoms with Crippen molar-refractivity contribution in [2.24, 2.45) is 5.73 Å². The van der Waals surface area contributed by atoms with Gasteiger partial charge in [0.25, 0.3) is 5.91 Å². The van der Waals surface area contributed by atoms with Crippen LogP contribution in [-0.2, 0) is 14.6 Å². The Morgan fingerprint density at radius 3 is 1.80 bits per heavy atom. The second-order valence-electron chi connectivity index (χ2n) is 17.0. The maximum atomic E-state index is 14.9. The highest BCUT2D eigenvalue weighted by Crippen LogP contribution is 2.49. The molecular formula is C40H56N2O7Si2. The van der Waals surface area contributed by atoms with Gasteiger partial charge < -0.3 is 29.0 Å². The summed E-state index contributed by atoms with van der Waals surface area (Å²) in [7, 11) is -3.88. The van der Waals surface area contributed by atoms with Gasteiger partial charge >= 0.3 is 14.4 Å². The number of hydrogen-bond donors (Lipinski definition) is 1. The first-order valence-corrected chi connectivity index (χ1v) is 22.4. The van der Waals surface area contributed by atoms with Crippen LogP contribution in [0.15, 0.2) is 66.7 Å². The smallest absolute Gasteiger partial charge is 0.409 e. The first-order valence-electron chi connectivity index (χ1n) is 17.5. The molecule has 3 aromatic carbocycles. The van der Waals surface area contributed by atoms with Gasteiger partial charge in [-0.15, -0.1) is 0 Å². The van der Waals surface area contributed by atoms with Gasteiger partial charge in [-0.25, -0.2) is 4.79 Å². The Morgan fingerprint density at radius 1 is 0.843 bits per heavy atom. The highest BCUT2D eigenvalue weighted by atomic mass is 28.4. The van der Waals surface area contributed by atoms with E-state index < -0.39 is 45.1 Å². The standard InChI is InChI=1S/C40H56N2O7Si2/c1-38(2,3)34-33(36(44)42-25-28(43)23-27(42)26-47-50(11,12)39(4,5)6)31(48-37(41)45)24-32(35(34)46-10)49-51(40(7,8)9,29-19-15-13-16-20-29)30-21-17-14-18-22-30/h13-22,24,27H,23,25-26H2,1-12H3,(H2,41,45)/t27-/m0/s1. The number of Topliss-reactive ketones (excluding diaryl/α,β-unsaturated/α-hetero) is 1. The number of ketones is 1. The van der Waals surface area contributed by atoms with E-state index in [9.17, 15) is 14.4 Å². The quantitative estimate of drug-likeness (QED) is 0.219. The van der Waals surface area contributed by atoms with Crippen molar-refractivity contribution >= 4 is 44.8 Å². The second kappa shape index (κ2) is 14.6. The van der Waals surface area contributed by atoms with Gasteiger partial charge in [0, 0.05) is 18.1 Å². The van der Waals surface area contributed by atoms with E-state index in [2.05, 4.69) is 78.9 Å². The molecule has 2 N–H and O–H groups in total. The predicted molar refractivity (Wildman–Crippen MR) is 208 cm³/mol. The molecule has 4 rings (SSSR count). The van der Waals surface area contributed by atoms with Crippen LogP contribution < -0.4 is 30.0 Å². The molecule has 0 saturated carbocycles. The van der Waals surface area contributed by atoms with E-state index in [4.69, 9.17) is 24.1 Å². The lowest BCUT2D eigenvalue weighted by atomic mass is 9.81. The van der Waals surface area contributed by atoms with Crippen molar-refractivity contribution in [3.63, 3.8) is 0 Å². The maximum absolute atomic E-state index is 14.9. The Hall–Kier alpha value is -3.94. The third kappa shape index (κ3) is 8.10. The molecule has 1 aliphatic rings. The fraction of sp³-hybridized carbons (Fsp3) is 0.475. The number of carbonyl (C=O) groups is 3. The summed E-state index contributed by atoms with van der Waals surface area (Å²) in [6.07, 6.45) is -0.913. The molecule has 51 heavy (non-hydrogen) atoms. The molecule has 0 bridgehead atoms. The fourth-order valence-electron chi connectivity index (χ4n) is 6.63. The predicted octanol–water partition coefficient (Wildman–Crippen LogP) is 7.19. The summed E-state index contributed by atoms with van der Waals surface area (Å²) < 4.78 is 25.8. The number of rotatable bonds is 10. The number of carbonyl (C=O) groups excluding carboxylic acids is 3. The van der Waals surface area contributed by atoms with E-state index in [1.165, 1.54) is 4.90 Å². The zero-order valence-electron chi connectivity index (χ0n) is 32.4. The first kappa shape index (κ1) is 39.8. The van der Waals surface area contributed by atoms with Gasteiger partial charge in [-0.3, -0.25) is 9.59 Å². The maximum Gasteiger partial charge on any atom is 0.409 e. The van der Waals surface area contributed by atoms with E-state index in [0.717, 1.165) is 10.4 Å². The van der Waals surface area contributed by atoms with Crippen molar-refractivity contribution in [1.82, 2.24) is 4.90 Å². The first-order chi connectivity index (χ1) is 23.5. The number of benzene rings is 3. The molecule has 0 radical (unpaired) electrons. The Kier molecular flexibility index (Phi) is 11.4. The van der Waals surface area contributed by atoms with Gasteiger partial charge in [0.1, 0.15) is 5.75 Å². The second-order valence-corrected chi connectivity index (χ2v) is 26.0. The number of hydrogen-bond acceptors (Lipinski definition) is 7. The lowest BCUT2D eigenvalue weighted by Crippen LogP contribution is -2.68. The highest BCUT2D eigenvalue weighted by Gasteiger charge is 2.53. The molecular weight excluding hydrogens is 677 g/mol. The molecule has 0 spiro atoms. The number of nitrogens with two attached hydrogens (primary N) is 1. The molecule has 3 aromatic rings. The van der Waals surface area contributed by atoms with Crippen molar-refractivity contribution < 1.29 is 32.7 Å². The molecule has 0 aromatic heterocycles. The summed E-state index contributed by atoms with van der Waals surface area (Å²) in [4.78, 5) is 41.9. The molecule has 1 aliphatic heterocycles. The largest absolute Gasteiger partial charge is 0.531 e. The molecule has 1 fully saturated rings. The third-order valence-electron chi connectivity index (χ3n) is 10.2. The van der Waals surface area contributed by atoms with Gasteiger partial charge in [0.15, 0.2) is 25.6 Å². The van der Waals surface area contributed by atoms with E-state index in [1.54, 1.807) is 13.2 Å². The van der Waals surface area contributed by atoms with E-state index >= 15 is 0 Å². The van der Waals surface area contributed by atoms with Gasteiger partial charge in [0.2, 0.25) is 0 Å². The normalized spacial score (nSPS) is 15.9. The van der Waals surface area contributed by atoms with Gasteiger partial charge in [-0.1, -0.05) is 123 Å². The van der Waals surface area contributed by atoms with Gasteiger partial charge in [-0.2, -0.15) is 0 Å². The van der Waals surface area contributed by atoms with Crippen LogP contribution in [0.3, 0.4) is 0 Å². The minimum absolute atomic E-state index is 0.0549. The van der Waals surface area contributed by atoms with Crippen LogP contribution in [-0.4, -0.2) is 65.6 Å². The number of nitrogens with zero attached hydrogens (tertiary/aromatic N) is 1. The lowest BCUT2D eigenvalue weighted by molar-refractivity contribution is -0.116. The van der Waals surface area contributed by atoms with E-state index in [1.807, 2.05) is 57.2 Å². The molecule has 276 valence electrons. The number of amides is 2. The number of methoxy groups -OCH3 is 1. The fourth-order valence-corrected chi connectivity index (χ4v) is 12.1. The highest BCUT2D eigenvalue weighted by molar-refractivity contribution is 7.00. The van der Waals surface area contributed by atoms with Crippen molar-refractivity contribution in [1.29, 1.82) is 0 Å². The molecule has 1 heterocycles. The average Bonchev–Trinajstić information content (AvgIpc) is 3.41. The topological polar surface area (TPSA) is 117 Å².